The Morgan fingerprint density at radius 1 is 0.767 bits per heavy atom. The Labute approximate surface area is 173 Å². The van der Waals surface area contributed by atoms with Crippen LogP contribution in [0.25, 0.3) is 0 Å². The molecule has 0 unspecified atom stereocenters. The number of carbonyl (C=O) groups is 6. The van der Waals surface area contributed by atoms with Gasteiger partial charge in [-0.05, 0) is 11.8 Å². The zero-order valence-electron chi connectivity index (χ0n) is 17.2. The second-order valence-electron chi connectivity index (χ2n) is 7.79. The molecule has 4 amide bonds. The molecule has 12 nitrogen and oxygen atoms in total. The maximum absolute atomic E-state index is 12.2. The van der Waals surface area contributed by atoms with Crippen molar-refractivity contribution in [1.82, 2.24) is 21.3 Å². The highest BCUT2D eigenvalue weighted by Crippen LogP contribution is 2.08. The Kier molecular flexibility index (Phi) is 8.75. The molecule has 0 aromatic carbocycles. The first-order chi connectivity index (χ1) is 13.8. The van der Waals surface area contributed by atoms with E-state index in [1.165, 1.54) is 0 Å². The van der Waals surface area contributed by atoms with Crippen molar-refractivity contribution in [3.05, 3.63) is 0 Å². The number of carboxylic acids is 2. The summed E-state index contributed by atoms with van der Waals surface area (Å²) in [5, 5.41) is 27.5. The third-order valence-electron chi connectivity index (χ3n) is 4.54. The number of rotatable bonds is 10. The molecule has 30 heavy (non-hydrogen) atoms. The molecule has 1 aliphatic heterocycles. The van der Waals surface area contributed by atoms with Gasteiger partial charge in [0.1, 0.15) is 24.2 Å². The first-order valence-electron chi connectivity index (χ1n) is 9.48. The summed E-state index contributed by atoms with van der Waals surface area (Å²) in [5.74, 6) is -6.09. The van der Waals surface area contributed by atoms with Gasteiger partial charge in [-0.2, -0.15) is 0 Å². The van der Waals surface area contributed by atoms with Crippen LogP contribution in [0, 0.1) is 11.8 Å². The fraction of sp³-hybridized carbons (Fsp3) is 0.667. The van der Waals surface area contributed by atoms with Crippen LogP contribution < -0.4 is 21.3 Å². The first-order valence-corrected chi connectivity index (χ1v) is 9.48. The number of amides is 4. The Balaban J connectivity index is 2.65. The highest BCUT2D eigenvalue weighted by molar-refractivity contribution is 6.01. The van der Waals surface area contributed by atoms with Crippen LogP contribution in [0.3, 0.4) is 0 Å². The number of hydrogen-bond donors (Lipinski definition) is 6. The molecule has 1 aliphatic rings. The average molecular weight is 428 g/mol. The monoisotopic (exact) mass is 428 g/mol. The summed E-state index contributed by atoms with van der Waals surface area (Å²) < 4.78 is 0. The lowest BCUT2D eigenvalue weighted by molar-refractivity contribution is -0.145. The van der Waals surface area contributed by atoms with E-state index in [-0.39, 0.29) is 11.8 Å². The van der Waals surface area contributed by atoms with Crippen molar-refractivity contribution in [2.75, 3.05) is 0 Å². The van der Waals surface area contributed by atoms with Gasteiger partial charge in [-0.15, -0.1) is 0 Å². The van der Waals surface area contributed by atoms with E-state index in [2.05, 4.69) is 21.3 Å². The van der Waals surface area contributed by atoms with E-state index >= 15 is 0 Å². The normalized spacial score (nSPS) is 20.7. The molecule has 0 aromatic heterocycles. The molecule has 0 bridgehead atoms. The minimum atomic E-state index is -1.22. The van der Waals surface area contributed by atoms with Crippen LogP contribution in [0.2, 0.25) is 0 Å². The summed E-state index contributed by atoms with van der Waals surface area (Å²) in [6, 6.07) is -4.72. The van der Waals surface area contributed by atoms with Crippen molar-refractivity contribution in [3.63, 3.8) is 0 Å². The van der Waals surface area contributed by atoms with Gasteiger partial charge in [0.05, 0.1) is 12.8 Å². The number of carboxylic acid groups (broad SMARTS) is 2. The lowest BCUT2D eigenvalue weighted by atomic mass is 10.0. The van der Waals surface area contributed by atoms with Crippen molar-refractivity contribution in [1.29, 1.82) is 0 Å². The van der Waals surface area contributed by atoms with Gasteiger partial charge in [0.25, 0.3) is 0 Å². The van der Waals surface area contributed by atoms with Crippen LogP contribution in [0.4, 0.5) is 0 Å². The molecule has 1 rings (SSSR count). The number of carbonyl (C=O) groups excluding carboxylic acids is 4. The molecular formula is C18H28N4O8. The van der Waals surface area contributed by atoms with Crippen LogP contribution >= 0.6 is 0 Å². The molecule has 12 heteroatoms. The van der Waals surface area contributed by atoms with Crippen LogP contribution in [-0.4, -0.2) is 69.9 Å². The topological polar surface area (TPSA) is 191 Å². The molecule has 168 valence electrons. The van der Waals surface area contributed by atoms with Crippen LogP contribution in [0.1, 0.15) is 40.5 Å². The number of aliphatic carboxylic acids is 2. The third kappa shape index (κ3) is 7.01. The first kappa shape index (κ1) is 24.9. The van der Waals surface area contributed by atoms with Crippen molar-refractivity contribution in [3.8, 4) is 0 Å². The second-order valence-corrected chi connectivity index (χ2v) is 7.79. The van der Waals surface area contributed by atoms with E-state index < -0.39 is 72.6 Å². The largest absolute Gasteiger partial charge is 0.480 e. The van der Waals surface area contributed by atoms with Crippen molar-refractivity contribution in [2.24, 2.45) is 11.8 Å². The maximum atomic E-state index is 12.2. The minimum Gasteiger partial charge on any atom is -0.480 e. The summed E-state index contributed by atoms with van der Waals surface area (Å²) in [5.41, 5.74) is 0. The molecule has 1 fully saturated rings. The van der Waals surface area contributed by atoms with Gasteiger partial charge < -0.3 is 31.5 Å². The van der Waals surface area contributed by atoms with Crippen LogP contribution in [-0.2, 0) is 28.8 Å². The van der Waals surface area contributed by atoms with E-state index in [1.54, 1.807) is 27.7 Å². The van der Waals surface area contributed by atoms with Gasteiger partial charge in [0, 0.05) is 0 Å². The zero-order valence-corrected chi connectivity index (χ0v) is 17.2. The molecule has 6 N–H and O–H groups in total. The third-order valence-corrected chi connectivity index (χ3v) is 4.54. The molecule has 0 radical (unpaired) electrons. The standard InChI is InChI=1S/C18H28N4O8/c1-7(2)13(17(27)28)21-11(23)5-9-15(25)20-10(16(26)19-9)6-12(24)22-14(8(3)4)18(29)30/h7-10,13-14H,5-6H2,1-4H3,(H,19,26)(H,20,25)(H,21,23)(H,22,24)(H,27,28)(H,29,30)/t9-,10-,13-,14-/m0/s1. The second kappa shape index (κ2) is 10.6. The van der Waals surface area contributed by atoms with E-state index in [4.69, 9.17) is 10.2 Å². The summed E-state index contributed by atoms with van der Waals surface area (Å²) in [6.45, 7) is 6.44. The van der Waals surface area contributed by atoms with E-state index in [1.807, 2.05) is 0 Å². The van der Waals surface area contributed by atoms with E-state index in [9.17, 15) is 28.8 Å². The number of nitrogens with one attached hydrogen (secondary N) is 4. The minimum absolute atomic E-state index is 0.385. The van der Waals surface area contributed by atoms with E-state index in [0.717, 1.165) is 0 Å². The van der Waals surface area contributed by atoms with Crippen molar-refractivity contribution >= 4 is 35.6 Å². The fourth-order valence-electron chi connectivity index (χ4n) is 2.83. The molecule has 0 spiro atoms. The fourth-order valence-corrected chi connectivity index (χ4v) is 2.83. The Bertz CT molecular complexity index is 661. The predicted octanol–water partition coefficient (Wildman–Crippen LogP) is -1.80. The Morgan fingerprint density at radius 2 is 1.07 bits per heavy atom. The molecule has 0 aliphatic carbocycles. The number of hydrogen-bond acceptors (Lipinski definition) is 6. The van der Waals surface area contributed by atoms with Crippen LogP contribution in [0.15, 0.2) is 0 Å². The Morgan fingerprint density at radius 3 is 1.30 bits per heavy atom. The van der Waals surface area contributed by atoms with Gasteiger partial charge in [0.15, 0.2) is 0 Å². The molecule has 0 aromatic rings. The zero-order chi connectivity index (χ0) is 23.2. The van der Waals surface area contributed by atoms with Gasteiger partial charge in [-0.1, -0.05) is 27.7 Å². The summed E-state index contributed by atoms with van der Waals surface area (Å²) in [7, 11) is 0. The number of piperazine rings is 1. The highest BCUT2D eigenvalue weighted by atomic mass is 16.4. The molecular weight excluding hydrogens is 400 g/mol. The average Bonchev–Trinajstić information content (AvgIpc) is 2.60. The van der Waals surface area contributed by atoms with Gasteiger partial charge in [-0.3, -0.25) is 19.2 Å². The van der Waals surface area contributed by atoms with E-state index in [0.29, 0.717) is 0 Å². The van der Waals surface area contributed by atoms with Crippen molar-refractivity contribution in [2.45, 2.75) is 64.7 Å². The van der Waals surface area contributed by atoms with Crippen LogP contribution in [0.5, 0.6) is 0 Å². The van der Waals surface area contributed by atoms with Gasteiger partial charge >= 0.3 is 11.9 Å². The molecule has 4 atom stereocenters. The SMILES string of the molecule is CC(C)[C@H](NC(=O)C[C@@H]1NC(=O)[C@H](CC(=O)N[C@H](C(=O)O)C(C)C)NC1=O)C(=O)O. The highest BCUT2D eigenvalue weighted by Gasteiger charge is 2.37. The maximum Gasteiger partial charge on any atom is 0.326 e. The smallest absolute Gasteiger partial charge is 0.326 e. The molecule has 1 saturated heterocycles. The predicted molar refractivity (Wildman–Crippen MR) is 102 cm³/mol. The lowest BCUT2D eigenvalue weighted by Crippen LogP contribution is -2.63. The quantitative estimate of drug-likeness (QED) is 0.235. The summed E-state index contributed by atoms with van der Waals surface area (Å²) in [4.78, 5) is 70.9. The van der Waals surface area contributed by atoms with Gasteiger partial charge in [0.2, 0.25) is 23.6 Å². The van der Waals surface area contributed by atoms with Crippen molar-refractivity contribution < 1.29 is 39.0 Å². The lowest BCUT2D eigenvalue weighted by Gasteiger charge is -2.30. The van der Waals surface area contributed by atoms with Gasteiger partial charge in [-0.25, -0.2) is 9.59 Å². The Hall–Kier alpha value is -3.18. The summed E-state index contributed by atoms with van der Waals surface area (Å²) in [6.07, 6.45) is -0.942. The molecule has 1 heterocycles. The summed E-state index contributed by atoms with van der Waals surface area (Å²) >= 11 is 0. The molecule has 0 saturated carbocycles.